The van der Waals surface area contributed by atoms with Gasteiger partial charge in [0.1, 0.15) is 0 Å². The maximum absolute atomic E-state index is 12.7. The van der Waals surface area contributed by atoms with Crippen molar-refractivity contribution in [2.24, 2.45) is 0 Å². The van der Waals surface area contributed by atoms with E-state index >= 15 is 0 Å². The Labute approximate surface area is 216 Å². The number of amides is 1. The number of hydrogen-bond donors (Lipinski definition) is 1. The van der Waals surface area contributed by atoms with Gasteiger partial charge in [0.25, 0.3) is 5.91 Å². The van der Waals surface area contributed by atoms with Gasteiger partial charge in [0, 0.05) is 24.2 Å². The topological polar surface area (TPSA) is 133 Å². The minimum absolute atomic E-state index is 0.110. The number of nitrogens with zero attached hydrogens (tertiary/aromatic N) is 3. The van der Waals surface area contributed by atoms with Crippen molar-refractivity contribution in [3.8, 4) is 28.7 Å². The van der Waals surface area contributed by atoms with Crippen molar-refractivity contribution in [2.75, 3.05) is 38.2 Å². The number of anilines is 1. The van der Waals surface area contributed by atoms with Gasteiger partial charge in [0.2, 0.25) is 21.7 Å². The number of carbonyl (C=O) groups is 1. The molecule has 1 amide bonds. The van der Waals surface area contributed by atoms with E-state index in [9.17, 15) is 13.2 Å². The van der Waals surface area contributed by atoms with Crippen LogP contribution in [0.15, 0.2) is 45.7 Å². The molecule has 0 aliphatic heterocycles. The standard InChI is InChI=1S/C25H32N4O7S/c1-6-29(7-2)37(31,32)19-13-11-17(12-14-19)23(30)26-25-28-27-24(36-25)18-15-20(33-8-3)22(35-10-5)21(16-18)34-9-4/h11-16H,6-10H2,1-5H3,(H,26,28,30). The number of rotatable bonds is 13. The highest BCUT2D eigenvalue weighted by molar-refractivity contribution is 7.89. The molecule has 1 heterocycles. The number of aromatic nitrogens is 2. The van der Waals surface area contributed by atoms with Crippen molar-refractivity contribution in [1.82, 2.24) is 14.5 Å². The second-order valence-corrected chi connectivity index (χ2v) is 9.52. The van der Waals surface area contributed by atoms with Gasteiger partial charge in [-0.25, -0.2) is 8.42 Å². The molecule has 0 saturated carbocycles. The Balaban J connectivity index is 1.81. The third-order valence-corrected chi connectivity index (χ3v) is 7.33. The van der Waals surface area contributed by atoms with Crippen LogP contribution in [0, 0.1) is 0 Å². The second-order valence-electron chi connectivity index (χ2n) is 7.58. The predicted octanol–water partition coefficient (Wildman–Crippen LogP) is 4.22. The Morgan fingerprint density at radius 1 is 0.892 bits per heavy atom. The van der Waals surface area contributed by atoms with Gasteiger partial charge in [-0.2, -0.15) is 4.31 Å². The largest absolute Gasteiger partial charge is 0.490 e. The first-order valence-corrected chi connectivity index (χ1v) is 13.5. The predicted molar refractivity (Wildman–Crippen MR) is 138 cm³/mol. The van der Waals surface area contributed by atoms with Crippen molar-refractivity contribution in [1.29, 1.82) is 0 Å². The number of carbonyl (C=O) groups excluding carboxylic acids is 1. The number of ether oxygens (including phenoxy) is 3. The summed E-state index contributed by atoms with van der Waals surface area (Å²) in [5.41, 5.74) is 0.755. The van der Waals surface area contributed by atoms with Crippen molar-refractivity contribution >= 4 is 21.9 Å². The first-order chi connectivity index (χ1) is 17.8. The average molecular weight is 533 g/mol. The highest BCUT2D eigenvalue weighted by atomic mass is 32.2. The molecule has 0 saturated heterocycles. The SMILES string of the molecule is CCOc1cc(-c2nnc(NC(=O)c3ccc(S(=O)(=O)N(CC)CC)cc3)o2)cc(OCC)c1OCC. The summed E-state index contributed by atoms with van der Waals surface area (Å²) in [7, 11) is -3.62. The molecule has 0 atom stereocenters. The van der Waals surface area contributed by atoms with Crippen LogP contribution < -0.4 is 19.5 Å². The fraction of sp³-hybridized carbons (Fsp3) is 0.400. The van der Waals surface area contributed by atoms with E-state index < -0.39 is 15.9 Å². The van der Waals surface area contributed by atoms with E-state index in [4.69, 9.17) is 18.6 Å². The normalized spacial score (nSPS) is 11.4. The van der Waals surface area contributed by atoms with Crippen molar-refractivity contribution in [2.45, 2.75) is 39.5 Å². The fourth-order valence-electron chi connectivity index (χ4n) is 3.56. The minimum Gasteiger partial charge on any atom is -0.490 e. The molecule has 0 aliphatic rings. The highest BCUT2D eigenvalue weighted by Gasteiger charge is 2.23. The summed E-state index contributed by atoms with van der Waals surface area (Å²) in [5, 5.41) is 10.5. The lowest BCUT2D eigenvalue weighted by molar-refractivity contribution is 0.102. The molecule has 1 aromatic heterocycles. The average Bonchev–Trinajstić information content (AvgIpc) is 3.35. The molecule has 0 unspecified atom stereocenters. The number of hydrogen-bond acceptors (Lipinski definition) is 9. The molecule has 0 radical (unpaired) electrons. The van der Waals surface area contributed by atoms with E-state index in [0.29, 0.717) is 55.7 Å². The van der Waals surface area contributed by atoms with Crippen LogP contribution in [0.25, 0.3) is 11.5 Å². The van der Waals surface area contributed by atoms with Gasteiger partial charge in [0.05, 0.1) is 24.7 Å². The molecule has 0 fully saturated rings. The zero-order valence-corrected chi connectivity index (χ0v) is 22.4. The zero-order valence-electron chi connectivity index (χ0n) is 21.6. The van der Waals surface area contributed by atoms with E-state index in [1.807, 2.05) is 20.8 Å². The van der Waals surface area contributed by atoms with Crippen molar-refractivity contribution in [3.05, 3.63) is 42.0 Å². The highest BCUT2D eigenvalue weighted by Crippen LogP contribution is 2.41. The van der Waals surface area contributed by atoms with Gasteiger partial charge in [-0.3, -0.25) is 10.1 Å². The Hall–Kier alpha value is -3.64. The molecule has 11 nitrogen and oxygen atoms in total. The molecular weight excluding hydrogens is 500 g/mol. The third-order valence-electron chi connectivity index (χ3n) is 5.26. The zero-order chi connectivity index (χ0) is 27.0. The molecule has 3 aromatic rings. The summed E-state index contributed by atoms with van der Waals surface area (Å²) in [6.07, 6.45) is 0. The van der Waals surface area contributed by atoms with Crippen LogP contribution in [-0.2, 0) is 10.0 Å². The third kappa shape index (κ3) is 6.38. The van der Waals surface area contributed by atoms with Gasteiger partial charge in [-0.05, 0) is 57.2 Å². The van der Waals surface area contributed by atoms with E-state index in [0.717, 1.165) is 0 Å². The molecule has 1 N–H and O–H groups in total. The van der Waals surface area contributed by atoms with Gasteiger partial charge >= 0.3 is 6.01 Å². The first kappa shape index (κ1) is 27.9. The van der Waals surface area contributed by atoms with Gasteiger partial charge in [-0.15, -0.1) is 5.10 Å². The van der Waals surface area contributed by atoms with Crippen LogP contribution in [0.1, 0.15) is 45.0 Å². The fourth-order valence-corrected chi connectivity index (χ4v) is 5.02. The maximum atomic E-state index is 12.7. The van der Waals surface area contributed by atoms with Gasteiger partial charge < -0.3 is 18.6 Å². The molecular formula is C25H32N4O7S. The van der Waals surface area contributed by atoms with Crippen LogP contribution in [0.4, 0.5) is 6.01 Å². The lowest BCUT2D eigenvalue weighted by atomic mass is 10.2. The first-order valence-electron chi connectivity index (χ1n) is 12.1. The number of nitrogens with one attached hydrogen (secondary N) is 1. The Kier molecular flexibility index (Phi) is 9.48. The molecule has 37 heavy (non-hydrogen) atoms. The van der Waals surface area contributed by atoms with Crippen LogP contribution in [0.2, 0.25) is 0 Å². The Morgan fingerprint density at radius 3 is 1.97 bits per heavy atom. The number of sulfonamides is 1. The van der Waals surface area contributed by atoms with Crippen molar-refractivity contribution < 1.29 is 31.8 Å². The summed E-state index contributed by atoms with van der Waals surface area (Å²) >= 11 is 0. The molecule has 0 spiro atoms. The quantitative estimate of drug-likeness (QED) is 0.343. The van der Waals surface area contributed by atoms with Gasteiger partial charge in [-0.1, -0.05) is 18.9 Å². The molecule has 2 aromatic carbocycles. The maximum Gasteiger partial charge on any atom is 0.322 e. The Bertz CT molecular complexity index is 1280. The smallest absolute Gasteiger partial charge is 0.322 e. The van der Waals surface area contributed by atoms with E-state index in [1.54, 1.807) is 26.0 Å². The molecule has 0 bridgehead atoms. The second kappa shape index (κ2) is 12.5. The Morgan fingerprint density at radius 2 is 1.46 bits per heavy atom. The van der Waals surface area contributed by atoms with Crippen LogP contribution >= 0.6 is 0 Å². The summed E-state index contributed by atoms with van der Waals surface area (Å²) < 4.78 is 49.5. The monoisotopic (exact) mass is 532 g/mol. The van der Waals surface area contributed by atoms with E-state index in [-0.39, 0.29) is 22.4 Å². The molecule has 0 aliphatic carbocycles. The summed E-state index contributed by atoms with van der Waals surface area (Å²) in [6.45, 7) is 11.1. The lowest BCUT2D eigenvalue weighted by Gasteiger charge is -2.18. The molecule has 200 valence electrons. The van der Waals surface area contributed by atoms with E-state index in [2.05, 4.69) is 15.5 Å². The summed E-state index contributed by atoms with van der Waals surface area (Å²) in [4.78, 5) is 12.8. The van der Waals surface area contributed by atoms with Gasteiger partial charge in [0.15, 0.2) is 11.5 Å². The molecule has 12 heteroatoms. The minimum atomic E-state index is -3.62. The summed E-state index contributed by atoms with van der Waals surface area (Å²) in [6, 6.07) is 8.93. The van der Waals surface area contributed by atoms with E-state index in [1.165, 1.54) is 28.6 Å². The van der Waals surface area contributed by atoms with Crippen molar-refractivity contribution in [3.63, 3.8) is 0 Å². The van der Waals surface area contributed by atoms with Crippen LogP contribution in [0.3, 0.4) is 0 Å². The van der Waals surface area contributed by atoms with Crippen LogP contribution in [-0.4, -0.2) is 61.7 Å². The number of benzene rings is 2. The molecule has 3 rings (SSSR count). The van der Waals surface area contributed by atoms with Crippen LogP contribution in [0.5, 0.6) is 17.2 Å². The summed E-state index contributed by atoms with van der Waals surface area (Å²) in [5.74, 6) is 1.02. The lowest BCUT2D eigenvalue weighted by Crippen LogP contribution is -2.30.